The number of benzene rings is 1. The highest BCUT2D eigenvalue weighted by Crippen LogP contribution is 2.32. The molecule has 2 aromatic rings. The van der Waals surface area contributed by atoms with E-state index in [9.17, 15) is 9.90 Å². The minimum atomic E-state index is -0.405. The molecule has 23 heavy (non-hydrogen) atoms. The van der Waals surface area contributed by atoms with Gasteiger partial charge in [0, 0.05) is 24.8 Å². The molecule has 1 N–H and O–H groups in total. The van der Waals surface area contributed by atoms with Gasteiger partial charge in [0.2, 0.25) is 0 Å². The van der Waals surface area contributed by atoms with Crippen LogP contribution in [0.5, 0.6) is 0 Å². The van der Waals surface area contributed by atoms with Crippen LogP contribution in [0.4, 0.5) is 0 Å². The van der Waals surface area contributed by atoms with Crippen molar-refractivity contribution in [3.63, 3.8) is 0 Å². The predicted octanol–water partition coefficient (Wildman–Crippen LogP) is 2.33. The molecule has 1 heterocycles. The molecule has 5 nitrogen and oxygen atoms in total. The van der Waals surface area contributed by atoms with Crippen molar-refractivity contribution in [3.05, 3.63) is 47.3 Å². The Balaban J connectivity index is 1.71. The third-order valence-corrected chi connectivity index (χ3v) is 4.34. The summed E-state index contributed by atoms with van der Waals surface area (Å²) >= 11 is 0. The van der Waals surface area contributed by atoms with Crippen LogP contribution in [0.3, 0.4) is 0 Å². The lowest BCUT2D eigenvalue weighted by molar-refractivity contribution is 0.0645. The van der Waals surface area contributed by atoms with Crippen molar-refractivity contribution in [2.24, 2.45) is 5.92 Å². The number of hydrogen-bond donors (Lipinski definition) is 1. The van der Waals surface area contributed by atoms with Crippen LogP contribution in [0.25, 0.3) is 5.69 Å². The van der Waals surface area contributed by atoms with Crippen molar-refractivity contribution in [1.29, 1.82) is 0 Å². The Hall–Kier alpha value is -2.14. The molecule has 1 fully saturated rings. The molecule has 1 aromatic heterocycles. The van der Waals surface area contributed by atoms with Gasteiger partial charge in [-0.15, -0.1) is 0 Å². The standard InChI is InChI=1S/C18H23N3O2/c1-12-10-13(2)21(19-12)16-8-6-15(7-9-16)18(23)20(3)11-17(22)14-4-5-14/h6-10,14,17,22H,4-5,11H2,1-3H3. The Morgan fingerprint density at radius 1 is 1.35 bits per heavy atom. The van der Waals surface area contributed by atoms with Crippen LogP contribution >= 0.6 is 0 Å². The van der Waals surface area contributed by atoms with Gasteiger partial charge in [-0.2, -0.15) is 5.10 Å². The van der Waals surface area contributed by atoms with Crippen LogP contribution in [0.2, 0.25) is 0 Å². The monoisotopic (exact) mass is 313 g/mol. The molecule has 1 amide bonds. The minimum Gasteiger partial charge on any atom is -0.391 e. The lowest BCUT2D eigenvalue weighted by Gasteiger charge is -2.21. The molecule has 3 rings (SSSR count). The fraction of sp³-hybridized carbons (Fsp3) is 0.444. The molecule has 0 spiro atoms. The Kier molecular flexibility index (Phi) is 4.22. The summed E-state index contributed by atoms with van der Waals surface area (Å²) in [6, 6.07) is 9.45. The smallest absolute Gasteiger partial charge is 0.253 e. The zero-order valence-electron chi connectivity index (χ0n) is 13.9. The fourth-order valence-electron chi connectivity index (χ4n) is 2.85. The summed E-state index contributed by atoms with van der Waals surface area (Å²) < 4.78 is 1.87. The third-order valence-electron chi connectivity index (χ3n) is 4.34. The van der Waals surface area contributed by atoms with E-state index in [1.165, 1.54) is 0 Å². The number of nitrogens with zero attached hydrogens (tertiary/aromatic N) is 3. The van der Waals surface area contributed by atoms with Crippen LogP contribution in [0.1, 0.15) is 34.6 Å². The lowest BCUT2D eigenvalue weighted by atomic mass is 10.1. The Labute approximate surface area is 136 Å². The van der Waals surface area contributed by atoms with Gasteiger partial charge in [-0.05, 0) is 62.9 Å². The van der Waals surface area contributed by atoms with Crippen molar-refractivity contribution >= 4 is 5.91 Å². The third kappa shape index (κ3) is 3.45. The van der Waals surface area contributed by atoms with Crippen molar-refractivity contribution in [1.82, 2.24) is 14.7 Å². The maximum absolute atomic E-state index is 12.4. The second-order valence-corrected chi connectivity index (χ2v) is 6.48. The molecular formula is C18H23N3O2. The number of likely N-dealkylation sites (N-methyl/N-ethyl adjacent to an activating group) is 1. The van der Waals surface area contributed by atoms with Gasteiger partial charge in [-0.3, -0.25) is 4.79 Å². The maximum Gasteiger partial charge on any atom is 0.253 e. The Bertz CT molecular complexity index is 702. The van der Waals surface area contributed by atoms with Gasteiger partial charge >= 0.3 is 0 Å². The molecule has 1 aliphatic carbocycles. The van der Waals surface area contributed by atoms with E-state index in [-0.39, 0.29) is 5.91 Å². The van der Waals surface area contributed by atoms with E-state index in [1.54, 1.807) is 11.9 Å². The number of carbonyl (C=O) groups is 1. The molecule has 1 aromatic carbocycles. The molecule has 122 valence electrons. The number of carbonyl (C=O) groups excluding carboxylic acids is 1. The summed E-state index contributed by atoms with van der Waals surface area (Å²) in [5.74, 6) is 0.309. The predicted molar refractivity (Wildman–Crippen MR) is 88.7 cm³/mol. The fourth-order valence-corrected chi connectivity index (χ4v) is 2.85. The quantitative estimate of drug-likeness (QED) is 0.921. The van der Waals surface area contributed by atoms with E-state index in [0.717, 1.165) is 29.9 Å². The van der Waals surface area contributed by atoms with Crippen LogP contribution < -0.4 is 0 Å². The molecule has 1 atom stereocenters. The number of rotatable bonds is 5. The van der Waals surface area contributed by atoms with Crippen molar-refractivity contribution < 1.29 is 9.90 Å². The molecule has 0 radical (unpaired) electrons. The van der Waals surface area contributed by atoms with Crippen LogP contribution in [-0.2, 0) is 0 Å². The van der Waals surface area contributed by atoms with Crippen LogP contribution in [0.15, 0.2) is 30.3 Å². The largest absolute Gasteiger partial charge is 0.391 e. The summed E-state index contributed by atoms with van der Waals surface area (Å²) in [7, 11) is 1.74. The van der Waals surface area contributed by atoms with Gasteiger partial charge in [0.15, 0.2) is 0 Å². The summed E-state index contributed by atoms with van der Waals surface area (Å²) in [5.41, 5.74) is 3.59. The molecule has 0 aliphatic heterocycles. The van der Waals surface area contributed by atoms with Crippen molar-refractivity contribution in [2.75, 3.05) is 13.6 Å². The van der Waals surface area contributed by atoms with E-state index in [2.05, 4.69) is 5.10 Å². The number of amides is 1. The van der Waals surface area contributed by atoms with Crippen molar-refractivity contribution in [2.45, 2.75) is 32.8 Å². The van der Waals surface area contributed by atoms with Crippen molar-refractivity contribution in [3.8, 4) is 5.69 Å². The highest BCUT2D eigenvalue weighted by molar-refractivity contribution is 5.94. The number of aromatic nitrogens is 2. The van der Waals surface area contributed by atoms with E-state index in [1.807, 2.05) is 48.9 Å². The first kappa shape index (κ1) is 15.7. The van der Waals surface area contributed by atoms with Gasteiger partial charge in [0.1, 0.15) is 0 Å². The average molecular weight is 313 g/mol. The number of aliphatic hydroxyl groups excluding tert-OH is 1. The van der Waals surface area contributed by atoms with E-state index >= 15 is 0 Å². The zero-order valence-corrected chi connectivity index (χ0v) is 13.9. The molecule has 0 saturated heterocycles. The van der Waals surface area contributed by atoms with Gasteiger partial charge < -0.3 is 10.0 Å². The molecular weight excluding hydrogens is 290 g/mol. The van der Waals surface area contributed by atoms with Crippen LogP contribution in [0, 0.1) is 19.8 Å². The van der Waals surface area contributed by atoms with E-state index < -0.39 is 6.10 Å². The van der Waals surface area contributed by atoms with Gasteiger partial charge in [0.05, 0.1) is 17.5 Å². The summed E-state index contributed by atoms with van der Waals surface area (Å²) in [4.78, 5) is 14.0. The van der Waals surface area contributed by atoms with E-state index in [4.69, 9.17) is 0 Å². The minimum absolute atomic E-state index is 0.0652. The number of hydrogen-bond acceptors (Lipinski definition) is 3. The first-order valence-corrected chi connectivity index (χ1v) is 8.03. The highest BCUT2D eigenvalue weighted by Gasteiger charge is 2.31. The van der Waals surface area contributed by atoms with E-state index in [0.29, 0.717) is 18.0 Å². The topological polar surface area (TPSA) is 58.4 Å². The van der Waals surface area contributed by atoms with Gasteiger partial charge in [-0.1, -0.05) is 0 Å². The maximum atomic E-state index is 12.4. The normalized spacial score (nSPS) is 15.5. The SMILES string of the molecule is Cc1cc(C)n(-c2ccc(C(=O)N(C)CC(O)C3CC3)cc2)n1. The lowest BCUT2D eigenvalue weighted by Crippen LogP contribution is -2.35. The average Bonchev–Trinajstić information content (AvgIpc) is 3.32. The second kappa shape index (κ2) is 6.16. The first-order chi connectivity index (χ1) is 11.0. The molecule has 5 heteroatoms. The first-order valence-electron chi connectivity index (χ1n) is 8.03. The second-order valence-electron chi connectivity index (χ2n) is 6.48. The molecule has 1 saturated carbocycles. The highest BCUT2D eigenvalue weighted by atomic mass is 16.3. The summed E-state index contributed by atoms with van der Waals surface area (Å²) in [6.45, 7) is 4.36. The Morgan fingerprint density at radius 2 is 2.00 bits per heavy atom. The van der Waals surface area contributed by atoms with Gasteiger partial charge in [0.25, 0.3) is 5.91 Å². The molecule has 1 unspecified atom stereocenters. The number of aryl methyl sites for hydroxylation is 2. The summed E-state index contributed by atoms with van der Waals surface area (Å²) in [6.07, 6.45) is 1.74. The molecule has 1 aliphatic rings. The van der Waals surface area contributed by atoms with Crippen LogP contribution in [-0.4, -0.2) is 45.4 Å². The van der Waals surface area contributed by atoms with Gasteiger partial charge in [-0.25, -0.2) is 4.68 Å². The summed E-state index contributed by atoms with van der Waals surface area (Å²) in [5, 5.41) is 14.4. The number of aliphatic hydroxyl groups is 1. The molecule has 0 bridgehead atoms. The Morgan fingerprint density at radius 3 is 2.52 bits per heavy atom. The zero-order chi connectivity index (χ0) is 16.6.